The predicted molar refractivity (Wildman–Crippen MR) is 115 cm³/mol. The zero-order valence-electron chi connectivity index (χ0n) is 16.2. The van der Waals surface area contributed by atoms with E-state index >= 15 is 0 Å². The SMILES string of the molecule is CN=C(NCCCCN1CC(C)CC(C)C1)NCc1ccnn1C.I. The summed E-state index contributed by atoms with van der Waals surface area (Å²) in [6.07, 6.45) is 5.61. The highest BCUT2D eigenvalue weighted by atomic mass is 127. The second-order valence-corrected chi connectivity index (χ2v) is 7.21. The largest absolute Gasteiger partial charge is 0.356 e. The molecule has 25 heavy (non-hydrogen) atoms. The first-order valence-corrected chi connectivity index (χ1v) is 9.22. The van der Waals surface area contributed by atoms with Crippen molar-refractivity contribution in [1.82, 2.24) is 25.3 Å². The van der Waals surface area contributed by atoms with E-state index in [1.54, 1.807) is 0 Å². The number of guanidine groups is 1. The highest BCUT2D eigenvalue weighted by molar-refractivity contribution is 14.0. The third-order valence-electron chi connectivity index (χ3n) is 4.72. The van der Waals surface area contributed by atoms with Gasteiger partial charge in [0.25, 0.3) is 0 Å². The lowest BCUT2D eigenvalue weighted by atomic mass is 9.92. The van der Waals surface area contributed by atoms with E-state index in [4.69, 9.17) is 0 Å². The molecule has 0 amide bonds. The monoisotopic (exact) mass is 462 g/mol. The summed E-state index contributed by atoms with van der Waals surface area (Å²) in [6.45, 7) is 10.2. The van der Waals surface area contributed by atoms with Crippen LogP contribution in [0.25, 0.3) is 0 Å². The van der Waals surface area contributed by atoms with E-state index in [2.05, 4.69) is 39.5 Å². The van der Waals surface area contributed by atoms with E-state index in [0.717, 1.165) is 36.6 Å². The van der Waals surface area contributed by atoms with Gasteiger partial charge in [0.2, 0.25) is 0 Å². The average molecular weight is 462 g/mol. The van der Waals surface area contributed by atoms with E-state index in [1.165, 1.54) is 38.9 Å². The van der Waals surface area contributed by atoms with Crippen molar-refractivity contribution in [3.05, 3.63) is 18.0 Å². The van der Waals surface area contributed by atoms with Gasteiger partial charge in [-0.05, 0) is 43.7 Å². The summed E-state index contributed by atoms with van der Waals surface area (Å²) in [4.78, 5) is 6.91. The molecule has 0 radical (unpaired) electrons. The van der Waals surface area contributed by atoms with Crippen LogP contribution in [0, 0.1) is 11.8 Å². The second kappa shape index (κ2) is 11.7. The molecule has 0 bridgehead atoms. The minimum absolute atomic E-state index is 0. The van der Waals surface area contributed by atoms with Crippen LogP contribution in [0.2, 0.25) is 0 Å². The van der Waals surface area contributed by atoms with Gasteiger partial charge in [-0.2, -0.15) is 5.10 Å². The van der Waals surface area contributed by atoms with Crippen molar-refractivity contribution in [2.45, 2.75) is 39.7 Å². The molecule has 6 nitrogen and oxygen atoms in total. The first-order chi connectivity index (χ1) is 11.6. The van der Waals surface area contributed by atoms with Gasteiger partial charge in [-0.1, -0.05) is 13.8 Å². The van der Waals surface area contributed by atoms with Crippen LogP contribution in [0.3, 0.4) is 0 Å². The predicted octanol–water partition coefficient (Wildman–Crippen LogP) is 2.46. The van der Waals surface area contributed by atoms with E-state index in [-0.39, 0.29) is 24.0 Å². The van der Waals surface area contributed by atoms with Gasteiger partial charge in [-0.25, -0.2) is 0 Å². The van der Waals surface area contributed by atoms with Gasteiger partial charge in [-0.15, -0.1) is 24.0 Å². The Labute approximate surface area is 169 Å². The molecule has 1 fully saturated rings. The number of nitrogens with zero attached hydrogens (tertiary/aromatic N) is 4. The van der Waals surface area contributed by atoms with Crippen molar-refractivity contribution >= 4 is 29.9 Å². The molecule has 0 saturated carbocycles. The second-order valence-electron chi connectivity index (χ2n) is 7.21. The fourth-order valence-electron chi connectivity index (χ4n) is 3.61. The minimum Gasteiger partial charge on any atom is -0.356 e. The van der Waals surface area contributed by atoms with Crippen molar-refractivity contribution in [3.8, 4) is 0 Å². The van der Waals surface area contributed by atoms with Gasteiger partial charge in [-0.3, -0.25) is 9.67 Å². The third kappa shape index (κ3) is 7.94. The van der Waals surface area contributed by atoms with Crippen molar-refractivity contribution in [3.63, 3.8) is 0 Å². The van der Waals surface area contributed by atoms with Crippen molar-refractivity contribution in [2.75, 3.05) is 33.2 Å². The molecule has 1 aromatic heterocycles. The van der Waals surface area contributed by atoms with E-state index < -0.39 is 0 Å². The molecule has 0 aliphatic carbocycles. The van der Waals surface area contributed by atoms with E-state index in [9.17, 15) is 0 Å². The van der Waals surface area contributed by atoms with Gasteiger partial charge < -0.3 is 15.5 Å². The Hall–Kier alpha value is -0.830. The maximum Gasteiger partial charge on any atom is 0.191 e. The van der Waals surface area contributed by atoms with Crippen LogP contribution in [0.5, 0.6) is 0 Å². The number of unbranched alkanes of at least 4 members (excludes halogenated alkanes) is 1. The van der Waals surface area contributed by atoms with Gasteiger partial charge in [0.05, 0.1) is 12.2 Å². The third-order valence-corrected chi connectivity index (χ3v) is 4.72. The molecule has 2 atom stereocenters. The molecule has 7 heteroatoms. The van der Waals surface area contributed by atoms with E-state index in [0.29, 0.717) is 0 Å². The molecule has 0 spiro atoms. The summed E-state index contributed by atoms with van der Waals surface area (Å²) in [5, 5.41) is 10.9. The Kier molecular flexibility index (Phi) is 10.4. The van der Waals surface area contributed by atoms with Crippen LogP contribution in [-0.4, -0.2) is 53.9 Å². The molecule has 2 unspecified atom stereocenters. The Balaban J connectivity index is 0.00000312. The number of piperidine rings is 1. The fourth-order valence-corrected chi connectivity index (χ4v) is 3.61. The number of aryl methyl sites for hydroxylation is 1. The number of aromatic nitrogens is 2. The summed E-state index contributed by atoms with van der Waals surface area (Å²) in [6, 6.07) is 2.01. The van der Waals surface area contributed by atoms with Gasteiger partial charge >= 0.3 is 0 Å². The first kappa shape index (κ1) is 22.2. The Morgan fingerprint density at radius 2 is 1.96 bits per heavy atom. The van der Waals surface area contributed by atoms with Crippen LogP contribution in [0.4, 0.5) is 0 Å². The molecule has 1 aromatic rings. The Morgan fingerprint density at radius 1 is 1.24 bits per heavy atom. The molecule has 1 aliphatic heterocycles. The summed E-state index contributed by atoms with van der Waals surface area (Å²) >= 11 is 0. The Morgan fingerprint density at radius 3 is 2.56 bits per heavy atom. The number of nitrogens with one attached hydrogen (secondary N) is 2. The quantitative estimate of drug-likeness (QED) is 0.283. The highest BCUT2D eigenvalue weighted by Gasteiger charge is 2.20. The number of halogens is 1. The Bertz CT molecular complexity index is 505. The lowest BCUT2D eigenvalue weighted by Crippen LogP contribution is -2.40. The lowest BCUT2D eigenvalue weighted by molar-refractivity contribution is 0.139. The van der Waals surface area contributed by atoms with Crippen LogP contribution in [0.1, 0.15) is 38.8 Å². The molecule has 0 aromatic carbocycles. The van der Waals surface area contributed by atoms with Gasteiger partial charge in [0, 0.05) is 39.9 Å². The average Bonchev–Trinajstić information content (AvgIpc) is 2.94. The van der Waals surface area contributed by atoms with Crippen molar-refractivity contribution in [1.29, 1.82) is 0 Å². The number of hydrogen-bond acceptors (Lipinski definition) is 3. The van der Waals surface area contributed by atoms with Crippen LogP contribution < -0.4 is 10.6 Å². The molecular formula is C18H35IN6. The van der Waals surface area contributed by atoms with Crippen LogP contribution in [0.15, 0.2) is 17.3 Å². The normalized spacial score (nSPS) is 21.7. The molecule has 1 saturated heterocycles. The van der Waals surface area contributed by atoms with Gasteiger partial charge in [0.15, 0.2) is 5.96 Å². The molecule has 2 heterocycles. The van der Waals surface area contributed by atoms with Crippen LogP contribution in [-0.2, 0) is 13.6 Å². The molecule has 144 valence electrons. The summed E-state index contributed by atoms with van der Waals surface area (Å²) in [7, 11) is 3.77. The molecular weight excluding hydrogens is 427 g/mol. The fraction of sp³-hybridized carbons (Fsp3) is 0.778. The number of aliphatic imine (C=N–C) groups is 1. The lowest BCUT2D eigenvalue weighted by Gasteiger charge is -2.34. The number of likely N-dealkylation sites (tertiary alicyclic amines) is 1. The molecule has 2 rings (SSSR count). The maximum atomic E-state index is 4.28. The zero-order valence-corrected chi connectivity index (χ0v) is 18.5. The first-order valence-electron chi connectivity index (χ1n) is 9.22. The summed E-state index contributed by atoms with van der Waals surface area (Å²) in [5.74, 6) is 2.56. The molecule has 1 aliphatic rings. The standard InChI is InChI=1S/C18H34N6.HI/c1-15-11-16(2)14-24(13-15)10-6-5-8-20-18(19-3)21-12-17-7-9-22-23(17)4;/h7,9,15-16H,5-6,8,10-14H2,1-4H3,(H2,19,20,21);1H. The smallest absolute Gasteiger partial charge is 0.191 e. The minimum atomic E-state index is 0. The number of hydrogen-bond donors (Lipinski definition) is 2. The van der Waals surface area contributed by atoms with Gasteiger partial charge in [0.1, 0.15) is 0 Å². The van der Waals surface area contributed by atoms with E-state index in [1.807, 2.05) is 31.0 Å². The van der Waals surface area contributed by atoms with Crippen LogP contribution >= 0.6 is 24.0 Å². The summed E-state index contributed by atoms with van der Waals surface area (Å²) < 4.78 is 1.88. The van der Waals surface area contributed by atoms with Crippen molar-refractivity contribution < 1.29 is 0 Å². The summed E-state index contributed by atoms with van der Waals surface area (Å²) in [5.41, 5.74) is 1.14. The number of rotatable bonds is 7. The topological polar surface area (TPSA) is 57.5 Å². The maximum absolute atomic E-state index is 4.28. The molecule has 2 N–H and O–H groups in total. The highest BCUT2D eigenvalue weighted by Crippen LogP contribution is 2.20. The zero-order chi connectivity index (χ0) is 17.4. The van der Waals surface area contributed by atoms with Crippen molar-refractivity contribution in [2.24, 2.45) is 23.9 Å².